The number of hydrogen-bond acceptors (Lipinski definition) is 10. The van der Waals surface area contributed by atoms with Gasteiger partial charge in [0.15, 0.2) is 0 Å². The number of carboxylic acids is 1. The summed E-state index contributed by atoms with van der Waals surface area (Å²) in [6.07, 6.45) is 4.34. The summed E-state index contributed by atoms with van der Waals surface area (Å²) in [6, 6.07) is 13.6. The molecule has 0 spiro atoms. The fourth-order valence-electron chi connectivity index (χ4n) is 7.51. The molecular weight excluding hydrogens is 608 g/mol. The standard InChI is InChI=1S/C36H42N8O4/c1-3-32(45)44-19-16-42(22-27(44)8-12-37)33-29-9-13-41(31-21-26(34(46)47)20-25-6-4-5-7-28(25)31)23-30(29)38-35(39-33)48-24-36(10-11-36)43-17-14-40(2)15-18-43/h3-7,20-21,27H,1,8-11,13-19,22-24H2,2H3,(H,46,47)/t27-/m0/s1. The van der Waals surface area contributed by atoms with Crippen molar-refractivity contribution < 1.29 is 19.4 Å². The fraction of sp³-hybridized carbons (Fsp3) is 0.472. The summed E-state index contributed by atoms with van der Waals surface area (Å²) in [5, 5.41) is 21.4. The van der Waals surface area contributed by atoms with E-state index in [1.165, 1.54) is 6.08 Å². The van der Waals surface area contributed by atoms with Crippen LogP contribution in [0.2, 0.25) is 0 Å². The Labute approximate surface area is 280 Å². The second-order valence-electron chi connectivity index (χ2n) is 13.4. The van der Waals surface area contributed by atoms with Gasteiger partial charge in [-0.3, -0.25) is 9.69 Å². The molecule has 2 aromatic carbocycles. The zero-order valence-corrected chi connectivity index (χ0v) is 27.5. The number of amides is 1. The molecule has 250 valence electrons. The van der Waals surface area contributed by atoms with Gasteiger partial charge in [0.25, 0.3) is 0 Å². The maximum absolute atomic E-state index is 12.6. The number of fused-ring (bicyclic) bond motifs is 2. The van der Waals surface area contributed by atoms with Crippen molar-refractivity contribution in [2.24, 2.45) is 0 Å². The monoisotopic (exact) mass is 650 g/mol. The normalized spacial score (nSPS) is 21.0. The molecule has 1 aliphatic carbocycles. The van der Waals surface area contributed by atoms with Crippen molar-refractivity contribution in [3.8, 4) is 12.1 Å². The molecule has 0 unspecified atom stereocenters. The number of piperazine rings is 2. The first-order valence-electron chi connectivity index (χ1n) is 16.8. The van der Waals surface area contributed by atoms with Crippen LogP contribution in [0.4, 0.5) is 11.5 Å². The van der Waals surface area contributed by atoms with Gasteiger partial charge in [0.1, 0.15) is 12.4 Å². The van der Waals surface area contributed by atoms with Crippen LogP contribution in [0.5, 0.6) is 6.01 Å². The van der Waals surface area contributed by atoms with Crippen molar-refractivity contribution in [2.45, 2.75) is 43.8 Å². The molecule has 4 heterocycles. The molecule has 1 saturated carbocycles. The number of nitriles is 1. The lowest BCUT2D eigenvalue weighted by Gasteiger charge is -2.42. The molecule has 7 rings (SSSR count). The van der Waals surface area contributed by atoms with E-state index in [0.717, 1.165) is 72.6 Å². The van der Waals surface area contributed by atoms with Gasteiger partial charge in [0.05, 0.1) is 41.9 Å². The smallest absolute Gasteiger partial charge is 0.335 e. The van der Waals surface area contributed by atoms with E-state index in [-0.39, 0.29) is 29.5 Å². The summed E-state index contributed by atoms with van der Waals surface area (Å²) in [5.41, 5.74) is 2.98. The Kier molecular flexibility index (Phi) is 8.66. The molecular formula is C36H42N8O4. The number of carbonyl (C=O) groups excluding carboxylic acids is 1. The number of aromatic nitrogens is 2. The van der Waals surface area contributed by atoms with Crippen LogP contribution in [0.25, 0.3) is 10.8 Å². The van der Waals surface area contributed by atoms with Crippen molar-refractivity contribution in [3.05, 3.63) is 65.9 Å². The van der Waals surface area contributed by atoms with Crippen molar-refractivity contribution >= 4 is 34.2 Å². The lowest BCUT2D eigenvalue weighted by atomic mass is 9.99. The van der Waals surface area contributed by atoms with Crippen molar-refractivity contribution in [3.63, 3.8) is 0 Å². The Hall–Kier alpha value is -4.73. The number of aromatic carboxylic acids is 1. The number of likely N-dealkylation sites (N-methyl/N-ethyl adjacent to an activating group) is 1. The van der Waals surface area contributed by atoms with Gasteiger partial charge in [0.2, 0.25) is 5.91 Å². The third-order valence-corrected chi connectivity index (χ3v) is 10.5. The Morgan fingerprint density at radius 1 is 1.08 bits per heavy atom. The van der Waals surface area contributed by atoms with Crippen molar-refractivity contribution in [1.82, 2.24) is 24.7 Å². The van der Waals surface area contributed by atoms with Crippen LogP contribution < -0.4 is 14.5 Å². The highest BCUT2D eigenvalue weighted by atomic mass is 16.5. The maximum atomic E-state index is 12.6. The van der Waals surface area contributed by atoms with Crippen molar-refractivity contribution in [1.29, 1.82) is 5.26 Å². The van der Waals surface area contributed by atoms with Gasteiger partial charge in [-0.15, -0.1) is 0 Å². The van der Waals surface area contributed by atoms with Gasteiger partial charge in [-0.1, -0.05) is 30.8 Å². The molecule has 48 heavy (non-hydrogen) atoms. The van der Waals surface area contributed by atoms with Crippen LogP contribution >= 0.6 is 0 Å². The lowest BCUT2D eigenvalue weighted by molar-refractivity contribution is -0.128. The third-order valence-electron chi connectivity index (χ3n) is 10.5. The Balaban J connectivity index is 1.22. The van der Waals surface area contributed by atoms with Crippen LogP contribution in [0.3, 0.4) is 0 Å². The molecule has 0 radical (unpaired) electrons. The quantitative estimate of drug-likeness (QED) is 0.343. The van der Waals surface area contributed by atoms with E-state index in [4.69, 9.17) is 14.7 Å². The predicted octanol–water partition coefficient (Wildman–Crippen LogP) is 3.17. The van der Waals surface area contributed by atoms with Gasteiger partial charge in [-0.2, -0.15) is 15.2 Å². The molecule has 2 saturated heterocycles. The fourth-order valence-corrected chi connectivity index (χ4v) is 7.51. The minimum Gasteiger partial charge on any atom is -0.478 e. The Morgan fingerprint density at radius 3 is 2.60 bits per heavy atom. The minimum absolute atomic E-state index is 0.0114. The highest BCUT2D eigenvalue weighted by Crippen LogP contribution is 2.43. The average Bonchev–Trinajstić information content (AvgIpc) is 3.90. The first kappa shape index (κ1) is 31.8. The largest absolute Gasteiger partial charge is 0.478 e. The third kappa shape index (κ3) is 6.16. The number of carbonyl (C=O) groups is 2. The molecule has 1 atom stereocenters. The van der Waals surface area contributed by atoms with E-state index in [1.807, 2.05) is 24.3 Å². The van der Waals surface area contributed by atoms with E-state index in [0.29, 0.717) is 51.8 Å². The number of ether oxygens (including phenoxy) is 1. The number of hydrogen-bond donors (Lipinski definition) is 1. The van der Waals surface area contributed by atoms with Gasteiger partial charge < -0.3 is 29.4 Å². The highest BCUT2D eigenvalue weighted by Gasteiger charge is 2.49. The molecule has 3 aliphatic heterocycles. The van der Waals surface area contributed by atoms with Crippen LogP contribution in [-0.2, 0) is 17.8 Å². The van der Waals surface area contributed by atoms with Gasteiger partial charge >= 0.3 is 12.0 Å². The Morgan fingerprint density at radius 2 is 1.88 bits per heavy atom. The maximum Gasteiger partial charge on any atom is 0.335 e. The summed E-state index contributed by atoms with van der Waals surface area (Å²) in [7, 11) is 2.16. The summed E-state index contributed by atoms with van der Waals surface area (Å²) >= 11 is 0. The Bertz CT molecular complexity index is 1780. The van der Waals surface area contributed by atoms with E-state index in [9.17, 15) is 20.0 Å². The molecule has 1 aromatic heterocycles. The average molecular weight is 651 g/mol. The van der Waals surface area contributed by atoms with Gasteiger partial charge in [-0.05, 0) is 49.9 Å². The molecule has 1 amide bonds. The van der Waals surface area contributed by atoms with E-state index < -0.39 is 5.97 Å². The summed E-state index contributed by atoms with van der Waals surface area (Å²) in [6.45, 7) is 10.9. The lowest BCUT2D eigenvalue weighted by Crippen LogP contribution is -2.55. The topological polar surface area (TPSA) is 129 Å². The zero-order chi connectivity index (χ0) is 33.4. The molecule has 3 fully saturated rings. The molecule has 0 bridgehead atoms. The summed E-state index contributed by atoms with van der Waals surface area (Å²) in [5.74, 6) is -0.347. The molecule has 12 nitrogen and oxygen atoms in total. The first-order valence-corrected chi connectivity index (χ1v) is 16.8. The van der Waals surface area contributed by atoms with Crippen LogP contribution in [0.1, 0.15) is 40.9 Å². The summed E-state index contributed by atoms with van der Waals surface area (Å²) < 4.78 is 6.49. The second kappa shape index (κ2) is 13.1. The number of benzene rings is 2. The van der Waals surface area contributed by atoms with E-state index in [2.05, 4.69) is 39.3 Å². The van der Waals surface area contributed by atoms with E-state index in [1.54, 1.807) is 17.0 Å². The SMILES string of the molecule is C=CC(=O)N1CCN(c2nc(OCC3(N4CCN(C)CC4)CC3)nc3c2CCN(c2cc(C(=O)O)cc4ccccc24)C3)C[C@@H]1CC#N. The number of nitrogens with zero attached hydrogens (tertiary/aromatic N) is 8. The van der Waals surface area contributed by atoms with Gasteiger partial charge in [0, 0.05) is 69.0 Å². The number of anilines is 2. The number of carboxylic acid groups (broad SMARTS) is 1. The van der Waals surface area contributed by atoms with Crippen molar-refractivity contribution in [2.75, 3.05) is 75.8 Å². The predicted molar refractivity (Wildman–Crippen MR) is 182 cm³/mol. The minimum atomic E-state index is -0.963. The zero-order valence-electron chi connectivity index (χ0n) is 27.5. The second-order valence-corrected chi connectivity index (χ2v) is 13.4. The van der Waals surface area contributed by atoms with Gasteiger partial charge in [-0.25, -0.2) is 4.79 Å². The van der Waals surface area contributed by atoms with Crippen LogP contribution in [0, 0.1) is 11.3 Å². The molecule has 12 heteroatoms. The number of rotatable bonds is 9. The molecule has 4 aliphatic rings. The van der Waals surface area contributed by atoms with Crippen LogP contribution in [-0.4, -0.2) is 119 Å². The summed E-state index contributed by atoms with van der Waals surface area (Å²) in [4.78, 5) is 45.7. The molecule has 3 aromatic rings. The van der Waals surface area contributed by atoms with E-state index >= 15 is 0 Å². The van der Waals surface area contributed by atoms with Crippen LogP contribution in [0.15, 0.2) is 49.1 Å². The highest BCUT2D eigenvalue weighted by molar-refractivity contribution is 6.01. The molecule has 1 N–H and O–H groups in total. The first-order chi connectivity index (χ1) is 23.3.